The number of anilines is 1. The van der Waals surface area contributed by atoms with Gasteiger partial charge < -0.3 is 24.7 Å². The van der Waals surface area contributed by atoms with Gasteiger partial charge in [-0.15, -0.1) is 0 Å². The first-order valence-corrected chi connectivity index (χ1v) is 10.4. The lowest BCUT2D eigenvalue weighted by Crippen LogP contribution is -2.47. The average molecular weight is 429 g/mol. The van der Waals surface area contributed by atoms with Crippen molar-refractivity contribution in [2.24, 2.45) is 0 Å². The summed E-state index contributed by atoms with van der Waals surface area (Å²) >= 11 is 0. The Morgan fingerprint density at radius 1 is 1.35 bits per heavy atom. The Labute approximate surface area is 180 Å². The van der Waals surface area contributed by atoms with Crippen LogP contribution in [0.4, 0.5) is 5.82 Å². The van der Waals surface area contributed by atoms with Crippen LogP contribution in [-0.2, 0) is 18.9 Å². The van der Waals surface area contributed by atoms with Crippen LogP contribution in [0, 0.1) is 6.92 Å². The molecule has 1 aromatic carbocycles. The van der Waals surface area contributed by atoms with Crippen molar-refractivity contribution in [2.75, 3.05) is 25.6 Å². The summed E-state index contributed by atoms with van der Waals surface area (Å²) in [7, 11) is 0. The number of carbonyl (C=O) groups is 1. The summed E-state index contributed by atoms with van der Waals surface area (Å²) in [6.07, 6.45) is 1.67. The lowest BCUT2D eigenvalue weighted by molar-refractivity contribution is -0.189. The van der Waals surface area contributed by atoms with Crippen LogP contribution in [0.1, 0.15) is 41.9 Å². The molecule has 0 radical (unpaired) electrons. The van der Waals surface area contributed by atoms with Crippen LogP contribution < -0.4 is 11.4 Å². The zero-order valence-electron chi connectivity index (χ0n) is 17.7. The molecule has 0 saturated carbocycles. The average Bonchev–Trinajstić information content (AvgIpc) is 3.27. The predicted octanol–water partition coefficient (Wildman–Crippen LogP) is 1.84. The van der Waals surface area contributed by atoms with E-state index in [0.717, 1.165) is 12.8 Å². The molecule has 2 N–H and O–H groups in total. The maximum atomic E-state index is 12.5. The number of hydrogen-bond acceptors (Lipinski definition) is 8. The van der Waals surface area contributed by atoms with Crippen LogP contribution >= 0.6 is 0 Å². The molecule has 0 aliphatic carbocycles. The number of benzene rings is 1. The first kappa shape index (κ1) is 21.5. The lowest BCUT2D eigenvalue weighted by Gasteiger charge is -2.31. The van der Waals surface area contributed by atoms with Crippen molar-refractivity contribution in [3.63, 3.8) is 0 Å². The highest BCUT2D eigenvalue weighted by Gasteiger charge is 2.64. The van der Waals surface area contributed by atoms with Crippen molar-refractivity contribution < 1.29 is 23.7 Å². The Hall–Kier alpha value is -2.75. The summed E-state index contributed by atoms with van der Waals surface area (Å²) in [5, 5.41) is 0. The third-order valence-electron chi connectivity index (χ3n) is 5.67. The minimum atomic E-state index is -1.01. The van der Waals surface area contributed by atoms with E-state index < -0.39 is 35.7 Å². The molecule has 2 aliphatic rings. The molecule has 2 aromatic rings. The van der Waals surface area contributed by atoms with Gasteiger partial charge in [0.25, 0.3) is 0 Å². The van der Waals surface area contributed by atoms with Gasteiger partial charge in [-0.25, -0.2) is 9.59 Å². The van der Waals surface area contributed by atoms with E-state index in [1.807, 2.05) is 6.07 Å². The number of nitrogen functional groups attached to an aromatic ring is 1. The highest BCUT2D eigenvalue weighted by atomic mass is 16.7. The number of rotatable bonds is 8. The van der Waals surface area contributed by atoms with Crippen LogP contribution in [0.3, 0.4) is 0 Å². The fourth-order valence-electron chi connectivity index (χ4n) is 3.93. The highest BCUT2D eigenvalue weighted by Crippen LogP contribution is 2.46. The van der Waals surface area contributed by atoms with Gasteiger partial charge in [0.1, 0.15) is 24.6 Å². The topological polar surface area (TPSA) is 115 Å². The summed E-state index contributed by atoms with van der Waals surface area (Å²) in [5.41, 5.74) is 5.31. The van der Waals surface area contributed by atoms with E-state index in [-0.39, 0.29) is 19.0 Å². The zero-order valence-corrected chi connectivity index (χ0v) is 17.7. The van der Waals surface area contributed by atoms with Crippen molar-refractivity contribution in [1.82, 2.24) is 9.55 Å². The molecule has 31 heavy (non-hydrogen) atoms. The van der Waals surface area contributed by atoms with E-state index in [9.17, 15) is 9.59 Å². The maximum Gasteiger partial charge on any atom is 0.351 e. The van der Waals surface area contributed by atoms with Gasteiger partial charge in [0.2, 0.25) is 0 Å². The fourth-order valence-corrected chi connectivity index (χ4v) is 3.93. The highest BCUT2D eigenvalue weighted by molar-refractivity contribution is 5.89. The summed E-state index contributed by atoms with van der Waals surface area (Å²) < 4.78 is 25.3. The minimum absolute atomic E-state index is 0.0549. The second-order valence-electron chi connectivity index (χ2n) is 7.93. The number of aryl methyl sites for hydroxylation is 1. The van der Waals surface area contributed by atoms with Crippen molar-refractivity contribution in [1.29, 1.82) is 0 Å². The van der Waals surface area contributed by atoms with Crippen molar-refractivity contribution in [3.05, 3.63) is 58.1 Å². The third-order valence-corrected chi connectivity index (χ3v) is 5.67. The fraction of sp³-hybridized carbons (Fsp3) is 0.500. The molecule has 2 saturated heterocycles. The van der Waals surface area contributed by atoms with Gasteiger partial charge >= 0.3 is 11.7 Å². The first-order chi connectivity index (χ1) is 14.9. The molecule has 3 heterocycles. The van der Waals surface area contributed by atoms with Crippen molar-refractivity contribution >= 4 is 11.8 Å². The Morgan fingerprint density at radius 2 is 2.13 bits per heavy atom. The molecule has 9 heteroatoms. The Morgan fingerprint density at radius 3 is 2.87 bits per heavy atom. The molecule has 2 aliphatic heterocycles. The molecule has 166 valence electrons. The van der Waals surface area contributed by atoms with Gasteiger partial charge in [-0.2, -0.15) is 4.98 Å². The summed E-state index contributed by atoms with van der Waals surface area (Å²) in [6, 6.07) is 8.73. The molecule has 4 atom stereocenters. The van der Waals surface area contributed by atoms with Crippen molar-refractivity contribution in [3.8, 4) is 0 Å². The Balaban J connectivity index is 1.58. The third kappa shape index (κ3) is 4.08. The number of nitrogens with zero attached hydrogens (tertiary/aromatic N) is 2. The van der Waals surface area contributed by atoms with E-state index in [4.69, 9.17) is 24.7 Å². The zero-order chi connectivity index (χ0) is 22.0. The second-order valence-corrected chi connectivity index (χ2v) is 7.93. The quantitative estimate of drug-likeness (QED) is 0.499. The Bertz CT molecular complexity index is 994. The van der Waals surface area contributed by atoms with Crippen LogP contribution in [0.2, 0.25) is 0 Å². The summed E-state index contributed by atoms with van der Waals surface area (Å²) in [6.45, 7) is 4.49. The second kappa shape index (κ2) is 8.78. The first-order valence-electron chi connectivity index (χ1n) is 10.4. The van der Waals surface area contributed by atoms with Gasteiger partial charge in [-0.1, -0.05) is 31.5 Å². The number of esters is 1. The van der Waals surface area contributed by atoms with E-state index in [0.29, 0.717) is 17.7 Å². The van der Waals surface area contributed by atoms with E-state index in [1.54, 1.807) is 37.4 Å². The number of nitrogens with two attached hydrogens (primary N) is 1. The molecular formula is C22H27N3O6. The van der Waals surface area contributed by atoms with Crippen molar-refractivity contribution in [2.45, 2.75) is 50.7 Å². The minimum Gasteiger partial charge on any atom is -0.459 e. The molecule has 2 unspecified atom stereocenters. The number of ether oxygens (including phenoxy) is 4. The van der Waals surface area contributed by atoms with Gasteiger partial charge in [0.05, 0.1) is 12.2 Å². The van der Waals surface area contributed by atoms with Gasteiger partial charge in [-0.3, -0.25) is 4.57 Å². The molecular weight excluding hydrogens is 402 g/mol. The van der Waals surface area contributed by atoms with Gasteiger partial charge in [0.15, 0.2) is 11.8 Å². The standard InChI is InChI=1S/C22H27N3O6/c1-3-4-10-28-17-16-19(25-11-14(2)18(23)24-21(25)27)31-22(17,12-29-16)13-30-20(26)15-8-6-5-7-9-15/h5-9,11,16-17,19H,3-4,10,12-13H2,1-2H3,(H2,23,24,27)/t16?,17?,19-,22-/m1/s1. The maximum absolute atomic E-state index is 12.5. The SMILES string of the molecule is CCCCOC1C2OC[C@]1(COC(=O)c1ccccc1)O[C@H]2n1cc(C)c(N)nc1=O. The Kier molecular flexibility index (Phi) is 6.08. The largest absolute Gasteiger partial charge is 0.459 e. The van der Waals surface area contributed by atoms with Crippen LogP contribution in [0.25, 0.3) is 0 Å². The molecule has 2 fully saturated rings. The van der Waals surface area contributed by atoms with E-state index in [1.165, 1.54) is 4.57 Å². The normalized spacial score (nSPS) is 26.8. The van der Waals surface area contributed by atoms with Crippen LogP contribution in [0.5, 0.6) is 0 Å². The summed E-state index contributed by atoms with van der Waals surface area (Å²) in [5.74, 6) is -0.285. The molecule has 4 rings (SSSR count). The number of aromatic nitrogens is 2. The number of carbonyl (C=O) groups excluding carboxylic acids is 1. The molecule has 0 spiro atoms. The van der Waals surface area contributed by atoms with Gasteiger partial charge in [-0.05, 0) is 25.5 Å². The summed E-state index contributed by atoms with van der Waals surface area (Å²) in [4.78, 5) is 28.8. The van der Waals surface area contributed by atoms with Crippen LogP contribution in [-0.4, -0.2) is 53.2 Å². The number of unbranched alkanes of at least 4 members (excludes halogenated alkanes) is 1. The molecule has 1 aromatic heterocycles. The molecule has 0 amide bonds. The van der Waals surface area contributed by atoms with Gasteiger partial charge in [0, 0.05) is 18.4 Å². The monoisotopic (exact) mass is 429 g/mol. The number of fused-ring (bicyclic) bond motifs is 2. The number of hydrogen-bond donors (Lipinski definition) is 1. The molecule has 9 nitrogen and oxygen atoms in total. The van der Waals surface area contributed by atoms with E-state index in [2.05, 4.69) is 11.9 Å². The molecule has 2 bridgehead atoms. The predicted molar refractivity (Wildman–Crippen MR) is 112 cm³/mol. The van der Waals surface area contributed by atoms with Crippen LogP contribution in [0.15, 0.2) is 41.3 Å². The smallest absolute Gasteiger partial charge is 0.351 e. The van der Waals surface area contributed by atoms with E-state index >= 15 is 0 Å². The lowest BCUT2D eigenvalue weighted by atomic mass is 10.00.